The highest BCUT2D eigenvalue weighted by Crippen LogP contribution is 2.02. The van der Waals surface area contributed by atoms with E-state index < -0.39 is 16.0 Å². The van der Waals surface area contributed by atoms with Gasteiger partial charge in [-0.2, -0.15) is 8.42 Å². The van der Waals surface area contributed by atoms with E-state index >= 15 is 0 Å². The first-order chi connectivity index (χ1) is 5.51. The van der Waals surface area contributed by atoms with Gasteiger partial charge in [0.15, 0.2) is 0 Å². The Morgan fingerprint density at radius 1 is 1.67 bits per heavy atom. The molecule has 0 spiro atoms. The van der Waals surface area contributed by atoms with Crippen molar-refractivity contribution in [2.45, 2.75) is 19.2 Å². The summed E-state index contributed by atoms with van der Waals surface area (Å²) in [6, 6.07) is 0. The number of hydrogen-bond donors (Lipinski definition) is 0. The number of hydrogen-bond acceptors (Lipinski definition) is 4. The van der Waals surface area contributed by atoms with E-state index in [0.29, 0.717) is 6.54 Å². The molecule has 0 aliphatic heterocycles. The van der Waals surface area contributed by atoms with Gasteiger partial charge in [-0.3, -0.25) is 4.68 Å². The van der Waals surface area contributed by atoms with E-state index in [2.05, 4.69) is 10.3 Å². The first-order valence-corrected chi connectivity index (χ1v) is 4.88. The first kappa shape index (κ1) is 9.11. The van der Waals surface area contributed by atoms with Gasteiger partial charge in [-0.25, -0.2) is 0 Å². The van der Waals surface area contributed by atoms with Crippen molar-refractivity contribution >= 4 is 10.2 Å². The van der Waals surface area contributed by atoms with Crippen molar-refractivity contribution in [2.75, 3.05) is 0 Å². The fourth-order valence-corrected chi connectivity index (χ4v) is 1.22. The van der Waals surface area contributed by atoms with Crippen molar-refractivity contribution in [1.29, 1.82) is 0 Å². The molecule has 1 heterocycles. The summed E-state index contributed by atoms with van der Waals surface area (Å²) >= 11 is 0. The summed E-state index contributed by atoms with van der Waals surface area (Å²) in [6.45, 7) is 2.40. The van der Waals surface area contributed by atoms with Crippen LogP contribution in [-0.4, -0.2) is 23.4 Å². The van der Waals surface area contributed by atoms with E-state index in [9.17, 15) is 12.3 Å². The third-order valence-corrected chi connectivity index (χ3v) is 1.87. The lowest BCUT2D eigenvalue weighted by molar-refractivity contribution is 0.550. The Hall–Kier alpha value is -0.980. The van der Waals surface area contributed by atoms with Gasteiger partial charge in [0.2, 0.25) is 0 Å². The molecule has 0 bridgehead atoms. The molecule has 0 atom stereocenters. The molecule has 0 aliphatic carbocycles. The fourth-order valence-electron chi connectivity index (χ4n) is 0.736. The van der Waals surface area contributed by atoms with E-state index in [0.717, 1.165) is 0 Å². The number of aromatic nitrogens is 3. The SMILES string of the molecule is CCn1cc(CS(=O)(=O)F)nn1. The smallest absolute Gasteiger partial charge is 0.253 e. The molecule has 1 aromatic rings. The molecule has 1 aromatic heterocycles. The molecule has 0 saturated heterocycles. The highest BCUT2D eigenvalue weighted by Gasteiger charge is 2.11. The van der Waals surface area contributed by atoms with Gasteiger partial charge < -0.3 is 0 Å². The molecule has 0 unspecified atom stereocenters. The predicted octanol–water partition coefficient (Wildman–Crippen LogP) is 0.0973. The largest absolute Gasteiger partial charge is 0.308 e. The second kappa shape index (κ2) is 3.18. The molecule has 0 radical (unpaired) electrons. The molecule has 0 amide bonds. The maximum absolute atomic E-state index is 12.1. The summed E-state index contributed by atoms with van der Waals surface area (Å²) in [4.78, 5) is 0. The monoisotopic (exact) mass is 193 g/mol. The zero-order chi connectivity index (χ0) is 9.19. The number of rotatable bonds is 3. The third-order valence-electron chi connectivity index (χ3n) is 1.23. The second-order valence-corrected chi connectivity index (χ2v) is 3.62. The zero-order valence-corrected chi connectivity index (χ0v) is 7.25. The molecule has 5 nitrogen and oxygen atoms in total. The van der Waals surface area contributed by atoms with Gasteiger partial charge in [0, 0.05) is 12.7 Å². The van der Waals surface area contributed by atoms with E-state index in [1.807, 2.05) is 6.92 Å². The Morgan fingerprint density at radius 2 is 2.33 bits per heavy atom. The maximum atomic E-state index is 12.1. The van der Waals surface area contributed by atoms with E-state index in [4.69, 9.17) is 0 Å². The van der Waals surface area contributed by atoms with Crippen molar-refractivity contribution < 1.29 is 12.3 Å². The Bertz CT molecular complexity index is 359. The zero-order valence-electron chi connectivity index (χ0n) is 6.44. The van der Waals surface area contributed by atoms with Gasteiger partial charge in [-0.15, -0.1) is 8.98 Å². The van der Waals surface area contributed by atoms with Gasteiger partial charge in [0.1, 0.15) is 11.4 Å². The molecule has 12 heavy (non-hydrogen) atoms. The van der Waals surface area contributed by atoms with Crippen LogP contribution >= 0.6 is 0 Å². The molecule has 1 rings (SSSR count). The highest BCUT2D eigenvalue weighted by atomic mass is 32.3. The Balaban J connectivity index is 2.78. The van der Waals surface area contributed by atoms with Crippen LogP contribution in [0.15, 0.2) is 6.20 Å². The third kappa shape index (κ3) is 2.57. The van der Waals surface area contributed by atoms with Crippen LogP contribution in [0.3, 0.4) is 0 Å². The van der Waals surface area contributed by atoms with Gasteiger partial charge in [-0.05, 0) is 6.92 Å². The van der Waals surface area contributed by atoms with Crippen molar-refractivity contribution in [3.63, 3.8) is 0 Å². The topological polar surface area (TPSA) is 64.8 Å². The summed E-state index contributed by atoms with van der Waals surface area (Å²) in [6.07, 6.45) is 1.40. The maximum Gasteiger partial charge on any atom is 0.308 e. The van der Waals surface area contributed by atoms with Crippen molar-refractivity contribution in [3.8, 4) is 0 Å². The van der Waals surface area contributed by atoms with Crippen LogP contribution in [0.4, 0.5) is 3.89 Å². The van der Waals surface area contributed by atoms with Crippen LogP contribution in [0.5, 0.6) is 0 Å². The van der Waals surface area contributed by atoms with Gasteiger partial charge >= 0.3 is 10.2 Å². The Kier molecular flexibility index (Phi) is 2.41. The number of halogens is 1. The van der Waals surface area contributed by atoms with Crippen molar-refractivity contribution in [3.05, 3.63) is 11.9 Å². The van der Waals surface area contributed by atoms with Gasteiger partial charge in [0.25, 0.3) is 0 Å². The first-order valence-electron chi connectivity index (χ1n) is 3.32. The molecular weight excluding hydrogens is 185 g/mol. The molecule has 0 aliphatic rings. The molecule has 0 aromatic carbocycles. The fraction of sp³-hybridized carbons (Fsp3) is 0.600. The molecule has 0 fully saturated rings. The van der Waals surface area contributed by atoms with Crippen molar-refractivity contribution in [1.82, 2.24) is 15.0 Å². The minimum absolute atomic E-state index is 0.124. The highest BCUT2D eigenvalue weighted by molar-refractivity contribution is 7.85. The van der Waals surface area contributed by atoms with Crippen LogP contribution in [0.1, 0.15) is 12.6 Å². The van der Waals surface area contributed by atoms with Crippen LogP contribution in [0.2, 0.25) is 0 Å². The van der Waals surface area contributed by atoms with E-state index in [-0.39, 0.29) is 5.69 Å². The Labute approximate surface area is 69.4 Å². The average Bonchev–Trinajstić information content (AvgIpc) is 2.32. The lowest BCUT2D eigenvalue weighted by Crippen LogP contribution is -1.96. The van der Waals surface area contributed by atoms with E-state index in [1.165, 1.54) is 10.9 Å². The standard InChI is InChI=1S/C5H8FN3O2S/c1-2-9-3-5(7-8-9)4-12(6,10)11/h3H,2,4H2,1H3. The lowest BCUT2D eigenvalue weighted by atomic mass is 10.5. The number of aryl methyl sites for hydroxylation is 1. The van der Waals surface area contributed by atoms with Gasteiger partial charge in [0.05, 0.1) is 0 Å². The van der Waals surface area contributed by atoms with Gasteiger partial charge in [-0.1, -0.05) is 5.21 Å². The quantitative estimate of drug-likeness (QED) is 0.638. The van der Waals surface area contributed by atoms with Crippen LogP contribution < -0.4 is 0 Å². The minimum atomic E-state index is -4.49. The summed E-state index contributed by atoms with van der Waals surface area (Å²) < 4.78 is 33.8. The van der Waals surface area contributed by atoms with E-state index in [1.54, 1.807) is 0 Å². The molecule has 68 valence electrons. The molecule has 0 saturated carbocycles. The number of nitrogens with zero attached hydrogens (tertiary/aromatic N) is 3. The second-order valence-electron chi connectivity index (χ2n) is 2.25. The molecule has 0 N–H and O–H groups in total. The Morgan fingerprint density at radius 3 is 2.75 bits per heavy atom. The minimum Gasteiger partial charge on any atom is -0.253 e. The lowest BCUT2D eigenvalue weighted by Gasteiger charge is -1.88. The van der Waals surface area contributed by atoms with Crippen LogP contribution in [0, 0.1) is 0 Å². The summed E-state index contributed by atoms with van der Waals surface area (Å²) in [5, 5.41) is 7.02. The summed E-state index contributed by atoms with van der Waals surface area (Å²) in [7, 11) is -4.49. The predicted molar refractivity (Wildman–Crippen MR) is 39.4 cm³/mol. The average molecular weight is 193 g/mol. The summed E-state index contributed by atoms with van der Waals surface area (Å²) in [5.41, 5.74) is 0.124. The van der Waals surface area contributed by atoms with Crippen LogP contribution in [0.25, 0.3) is 0 Å². The van der Waals surface area contributed by atoms with Crippen LogP contribution in [-0.2, 0) is 22.5 Å². The molecule has 7 heteroatoms. The molecular formula is C5H8FN3O2S. The normalized spacial score (nSPS) is 11.8. The van der Waals surface area contributed by atoms with Crippen molar-refractivity contribution in [2.24, 2.45) is 0 Å². The summed E-state index contributed by atoms with van der Waals surface area (Å²) in [5.74, 6) is -0.701.